The van der Waals surface area contributed by atoms with Gasteiger partial charge in [0, 0.05) is 0 Å². The van der Waals surface area contributed by atoms with Crippen LogP contribution < -0.4 is 4.74 Å². The lowest BCUT2D eigenvalue weighted by Crippen LogP contribution is -2.25. The first-order valence-electron chi connectivity index (χ1n) is 5.81. The lowest BCUT2D eigenvalue weighted by molar-refractivity contribution is 0.0206. The van der Waals surface area contributed by atoms with Crippen LogP contribution in [0.4, 0.5) is 4.79 Å². The van der Waals surface area contributed by atoms with Crippen molar-refractivity contribution in [2.24, 2.45) is 0 Å². The Morgan fingerprint density at radius 3 is 2.65 bits per heavy atom. The van der Waals surface area contributed by atoms with Gasteiger partial charge in [0.15, 0.2) is 0 Å². The summed E-state index contributed by atoms with van der Waals surface area (Å²) in [7, 11) is 0. The molecule has 17 heavy (non-hydrogen) atoms. The highest BCUT2D eigenvalue weighted by molar-refractivity contribution is 5.64. The molecule has 1 aromatic rings. The summed E-state index contributed by atoms with van der Waals surface area (Å²) >= 11 is 0. The van der Waals surface area contributed by atoms with E-state index in [1.54, 1.807) is 26.8 Å². The third-order valence-corrected chi connectivity index (χ3v) is 1.95. The predicted octanol–water partition coefficient (Wildman–Crippen LogP) is 3.75. The number of ether oxygens (including phenoxy) is 2. The standard InChI is InChI=1S/C14H19O3/c1-5-7-11-8-6-9-12(10-11)16-13(15)17-14(2,3)4/h8-10H,5,7H2,1-4H3. The molecule has 0 saturated carbocycles. The Hall–Kier alpha value is -1.51. The van der Waals surface area contributed by atoms with E-state index in [9.17, 15) is 4.79 Å². The summed E-state index contributed by atoms with van der Waals surface area (Å²) in [6.45, 7) is 7.50. The van der Waals surface area contributed by atoms with Crippen molar-refractivity contribution in [2.75, 3.05) is 0 Å². The van der Waals surface area contributed by atoms with Gasteiger partial charge in [0.1, 0.15) is 11.4 Å². The van der Waals surface area contributed by atoms with Gasteiger partial charge in [-0.15, -0.1) is 0 Å². The minimum atomic E-state index is -0.681. The maximum absolute atomic E-state index is 11.4. The summed E-state index contributed by atoms with van der Waals surface area (Å²) in [6.07, 6.45) is 1.31. The molecule has 1 aromatic carbocycles. The molecule has 3 heteroatoms. The monoisotopic (exact) mass is 235 g/mol. The highest BCUT2D eigenvalue weighted by atomic mass is 16.7. The molecule has 0 aliphatic rings. The lowest BCUT2D eigenvalue weighted by atomic mass is 10.1. The van der Waals surface area contributed by atoms with Gasteiger partial charge in [-0.05, 0) is 51.0 Å². The van der Waals surface area contributed by atoms with Crippen LogP contribution in [0, 0.1) is 6.07 Å². The van der Waals surface area contributed by atoms with Crippen molar-refractivity contribution < 1.29 is 14.3 Å². The number of aryl methyl sites for hydroxylation is 1. The minimum absolute atomic E-state index is 0.477. The van der Waals surface area contributed by atoms with Gasteiger partial charge in [-0.2, -0.15) is 0 Å². The van der Waals surface area contributed by atoms with E-state index in [2.05, 4.69) is 13.0 Å². The lowest BCUT2D eigenvalue weighted by Gasteiger charge is -2.18. The summed E-state index contributed by atoms with van der Waals surface area (Å²) in [5, 5.41) is 0. The number of carbonyl (C=O) groups is 1. The fourth-order valence-corrected chi connectivity index (χ4v) is 1.36. The topological polar surface area (TPSA) is 35.5 Å². The van der Waals surface area contributed by atoms with Gasteiger partial charge in [-0.25, -0.2) is 4.79 Å². The first kappa shape index (κ1) is 13.6. The SMILES string of the molecule is CCCc1c[c]cc(OC(=O)OC(C)(C)C)c1. The maximum atomic E-state index is 11.4. The average Bonchev–Trinajstić information content (AvgIpc) is 2.15. The molecule has 0 saturated heterocycles. The molecular weight excluding hydrogens is 216 g/mol. The molecule has 0 aliphatic carbocycles. The summed E-state index contributed by atoms with van der Waals surface area (Å²) in [5.41, 5.74) is 0.565. The molecule has 0 amide bonds. The van der Waals surface area contributed by atoms with Crippen molar-refractivity contribution in [3.63, 3.8) is 0 Å². The van der Waals surface area contributed by atoms with E-state index in [0.29, 0.717) is 5.75 Å². The molecule has 0 unspecified atom stereocenters. The molecular formula is C14H19O3. The van der Waals surface area contributed by atoms with E-state index in [4.69, 9.17) is 9.47 Å². The zero-order chi connectivity index (χ0) is 12.9. The molecule has 0 N–H and O–H groups in total. The fourth-order valence-electron chi connectivity index (χ4n) is 1.36. The van der Waals surface area contributed by atoms with E-state index in [0.717, 1.165) is 18.4 Å². The Labute approximate surface area is 103 Å². The fraction of sp³-hybridized carbons (Fsp3) is 0.500. The second-order valence-corrected chi connectivity index (χ2v) is 4.89. The predicted molar refractivity (Wildman–Crippen MR) is 66.1 cm³/mol. The summed E-state index contributed by atoms with van der Waals surface area (Å²) in [6, 6.07) is 8.31. The molecule has 1 rings (SSSR count). The largest absolute Gasteiger partial charge is 0.514 e. The van der Waals surface area contributed by atoms with Crippen molar-refractivity contribution in [3.8, 4) is 5.75 Å². The normalized spacial score (nSPS) is 11.1. The van der Waals surface area contributed by atoms with Gasteiger partial charge >= 0.3 is 6.16 Å². The Morgan fingerprint density at radius 1 is 1.35 bits per heavy atom. The minimum Gasteiger partial charge on any atom is -0.428 e. The van der Waals surface area contributed by atoms with Crippen molar-refractivity contribution in [3.05, 3.63) is 29.8 Å². The smallest absolute Gasteiger partial charge is 0.428 e. The number of hydrogen-bond acceptors (Lipinski definition) is 3. The Morgan fingerprint density at radius 2 is 2.06 bits per heavy atom. The molecule has 0 bridgehead atoms. The molecule has 0 aromatic heterocycles. The van der Waals surface area contributed by atoms with Crippen molar-refractivity contribution >= 4 is 6.16 Å². The first-order chi connectivity index (χ1) is 7.90. The summed E-state index contributed by atoms with van der Waals surface area (Å²) in [5.74, 6) is 0.477. The molecule has 3 nitrogen and oxygen atoms in total. The molecule has 1 radical (unpaired) electrons. The Kier molecular flexibility index (Phi) is 4.55. The second-order valence-electron chi connectivity index (χ2n) is 4.89. The van der Waals surface area contributed by atoms with Crippen LogP contribution in [0.5, 0.6) is 5.75 Å². The molecule has 0 heterocycles. The number of rotatable bonds is 3. The highest BCUT2D eigenvalue weighted by Gasteiger charge is 2.17. The third kappa shape index (κ3) is 5.38. The molecule has 0 aliphatic heterocycles. The molecule has 0 spiro atoms. The quantitative estimate of drug-likeness (QED) is 0.591. The van der Waals surface area contributed by atoms with Gasteiger partial charge in [0.2, 0.25) is 0 Å². The van der Waals surface area contributed by atoms with Crippen LogP contribution in [0.2, 0.25) is 0 Å². The highest BCUT2D eigenvalue weighted by Crippen LogP contribution is 2.16. The molecule has 0 fully saturated rings. The number of hydrogen-bond donors (Lipinski definition) is 0. The van der Waals surface area contributed by atoms with Crippen molar-refractivity contribution in [1.29, 1.82) is 0 Å². The molecule has 93 valence electrons. The van der Waals surface area contributed by atoms with Crippen LogP contribution in [-0.2, 0) is 11.2 Å². The average molecular weight is 235 g/mol. The van der Waals surface area contributed by atoms with Crippen LogP contribution in [0.25, 0.3) is 0 Å². The molecule has 0 atom stereocenters. The van der Waals surface area contributed by atoms with Gasteiger partial charge in [-0.3, -0.25) is 0 Å². The Bertz CT molecular complexity index is 377. The van der Waals surface area contributed by atoms with E-state index in [1.165, 1.54) is 0 Å². The van der Waals surface area contributed by atoms with Gasteiger partial charge in [0.05, 0.1) is 0 Å². The number of carbonyl (C=O) groups excluding carboxylic acids is 1. The third-order valence-electron chi connectivity index (χ3n) is 1.95. The summed E-state index contributed by atoms with van der Waals surface area (Å²) < 4.78 is 10.2. The van der Waals surface area contributed by atoms with Crippen LogP contribution >= 0.6 is 0 Å². The van der Waals surface area contributed by atoms with E-state index in [-0.39, 0.29) is 0 Å². The number of benzene rings is 1. The van der Waals surface area contributed by atoms with E-state index >= 15 is 0 Å². The van der Waals surface area contributed by atoms with Crippen LogP contribution in [0.15, 0.2) is 18.2 Å². The zero-order valence-corrected chi connectivity index (χ0v) is 10.9. The first-order valence-corrected chi connectivity index (χ1v) is 5.81. The summed E-state index contributed by atoms with van der Waals surface area (Å²) in [4.78, 5) is 11.4. The van der Waals surface area contributed by atoms with Gasteiger partial charge in [0.25, 0.3) is 0 Å². The maximum Gasteiger partial charge on any atom is 0.514 e. The van der Waals surface area contributed by atoms with Crippen molar-refractivity contribution in [1.82, 2.24) is 0 Å². The van der Waals surface area contributed by atoms with Crippen molar-refractivity contribution in [2.45, 2.75) is 46.1 Å². The van der Waals surface area contributed by atoms with E-state index in [1.807, 2.05) is 12.1 Å². The van der Waals surface area contributed by atoms with E-state index < -0.39 is 11.8 Å². The second kappa shape index (κ2) is 5.71. The zero-order valence-electron chi connectivity index (χ0n) is 10.9. The Balaban J connectivity index is 2.62. The van der Waals surface area contributed by atoms with Crippen LogP contribution in [0.3, 0.4) is 0 Å². The van der Waals surface area contributed by atoms with Crippen LogP contribution in [-0.4, -0.2) is 11.8 Å². The van der Waals surface area contributed by atoms with Gasteiger partial charge < -0.3 is 9.47 Å². The van der Waals surface area contributed by atoms with Gasteiger partial charge in [-0.1, -0.05) is 19.4 Å². The van der Waals surface area contributed by atoms with Crippen LogP contribution in [0.1, 0.15) is 39.7 Å².